The van der Waals surface area contributed by atoms with Crippen molar-refractivity contribution >= 4 is 5.91 Å². The van der Waals surface area contributed by atoms with Gasteiger partial charge in [-0.15, -0.1) is 0 Å². The van der Waals surface area contributed by atoms with Gasteiger partial charge >= 0.3 is 11.1 Å². The van der Waals surface area contributed by atoms with Crippen LogP contribution in [0.4, 0.5) is 4.39 Å². The lowest BCUT2D eigenvalue weighted by molar-refractivity contribution is -0.132. The summed E-state index contributed by atoms with van der Waals surface area (Å²) >= 11 is 0. The fourth-order valence-electron chi connectivity index (χ4n) is 4.12. The van der Waals surface area contributed by atoms with Crippen molar-refractivity contribution in [2.24, 2.45) is 5.92 Å². The Morgan fingerprint density at radius 2 is 2.07 bits per heavy atom. The van der Waals surface area contributed by atoms with Gasteiger partial charge in [0.2, 0.25) is 5.91 Å². The fraction of sp³-hybridized carbons (Fsp3) is 0.474. The van der Waals surface area contributed by atoms with E-state index in [1.54, 1.807) is 24.0 Å². The first-order chi connectivity index (χ1) is 13.0. The van der Waals surface area contributed by atoms with E-state index in [4.69, 9.17) is 0 Å². The summed E-state index contributed by atoms with van der Waals surface area (Å²) in [7, 11) is 0. The summed E-state index contributed by atoms with van der Waals surface area (Å²) in [4.78, 5) is 38.8. The number of hydrogen-bond donors (Lipinski definition) is 0. The van der Waals surface area contributed by atoms with Gasteiger partial charge in [0, 0.05) is 32.1 Å². The molecule has 1 amide bonds. The molecule has 1 aromatic heterocycles. The zero-order chi connectivity index (χ0) is 19.1. The Bertz CT molecular complexity index is 1010. The van der Waals surface area contributed by atoms with E-state index in [9.17, 15) is 18.8 Å². The van der Waals surface area contributed by atoms with Crippen LogP contribution in [0.3, 0.4) is 0 Å². The van der Waals surface area contributed by atoms with Gasteiger partial charge in [0.05, 0.1) is 6.42 Å². The van der Waals surface area contributed by atoms with Crippen LogP contribution in [-0.2, 0) is 24.3 Å². The van der Waals surface area contributed by atoms with Gasteiger partial charge in [0.15, 0.2) is 0 Å². The summed E-state index contributed by atoms with van der Waals surface area (Å²) in [6, 6.07) is 6.06. The van der Waals surface area contributed by atoms with Crippen molar-refractivity contribution in [3.05, 3.63) is 62.2 Å². The van der Waals surface area contributed by atoms with Gasteiger partial charge in [-0.25, -0.2) is 9.07 Å². The summed E-state index contributed by atoms with van der Waals surface area (Å²) in [6.07, 6.45) is 0.895. The summed E-state index contributed by atoms with van der Waals surface area (Å²) < 4.78 is 16.0. The quantitative estimate of drug-likeness (QED) is 0.745. The minimum Gasteiger partial charge on any atom is -0.342 e. The number of fused-ring (bicyclic) bond motifs is 3. The molecule has 1 saturated heterocycles. The number of piperidine rings is 1. The second-order valence-corrected chi connectivity index (χ2v) is 7.20. The maximum Gasteiger partial charge on any atom is 0.332 e. The molecule has 1 aromatic carbocycles. The lowest BCUT2D eigenvalue weighted by Gasteiger charge is -2.34. The molecule has 27 heavy (non-hydrogen) atoms. The van der Waals surface area contributed by atoms with E-state index in [-0.39, 0.29) is 30.0 Å². The predicted octanol–water partition coefficient (Wildman–Crippen LogP) is 0.752. The van der Waals surface area contributed by atoms with Crippen LogP contribution in [0.2, 0.25) is 0 Å². The Morgan fingerprint density at radius 1 is 1.26 bits per heavy atom. The predicted molar refractivity (Wildman–Crippen MR) is 96.0 cm³/mol. The van der Waals surface area contributed by atoms with Crippen LogP contribution >= 0.6 is 0 Å². The number of benzene rings is 1. The number of carbonyl (C=O) groups is 1. The van der Waals surface area contributed by atoms with Crippen LogP contribution in [-0.4, -0.2) is 38.2 Å². The molecular weight excluding hydrogens is 351 g/mol. The average molecular weight is 372 g/mol. The van der Waals surface area contributed by atoms with Crippen molar-refractivity contribution in [1.29, 1.82) is 0 Å². The first kappa shape index (κ1) is 17.6. The molecule has 2 aliphatic rings. The SMILES string of the molecule is CCn1nc2n(c(=O)c1=O)C[C@@H]1CCN(C(=O)Cc3cccc(F)c3)C[C@H]21. The van der Waals surface area contributed by atoms with Gasteiger partial charge in [0.1, 0.15) is 11.6 Å². The molecule has 4 rings (SSSR count). The number of nitrogens with zero attached hydrogens (tertiary/aromatic N) is 4. The highest BCUT2D eigenvalue weighted by Crippen LogP contribution is 2.37. The van der Waals surface area contributed by atoms with Gasteiger partial charge in [-0.1, -0.05) is 12.1 Å². The average Bonchev–Trinajstić information content (AvgIpc) is 3.02. The highest BCUT2D eigenvalue weighted by Gasteiger charge is 2.40. The van der Waals surface area contributed by atoms with Crippen LogP contribution in [0.15, 0.2) is 33.9 Å². The Balaban J connectivity index is 1.57. The standard InChI is InChI=1S/C19H21FN4O3/c1-2-24-19(27)18(26)23-10-13-6-7-22(11-15(13)17(23)21-24)16(25)9-12-4-3-5-14(20)8-12/h3-5,8,13,15H,2,6-7,9-11H2,1H3/t13-,15-/m0/s1. The summed E-state index contributed by atoms with van der Waals surface area (Å²) in [6.45, 7) is 3.65. The van der Waals surface area contributed by atoms with Crippen LogP contribution in [0, 0.1) is 11.7 Å². The van der Waals surface area contributed by atoms with Gasteiger partial charge < -0.3 is 4.90 Å². The minimum atomic E-state index is -0.598. The Kier molecular flexibility index (Phi) is 4.41. The topological polar surface area (TPSA) is 77.2 Å². The first-order valence-electron chi connectivity index (χ1n) is 9.22. The second kappa shape index (κ2) is 6.75. The van der Waals surface area contributed by atoms with Crippen molar-refractivity contribution in [2.45, 2.75) is 38.8 Å². The number of halogens is 1. The molecule has 0 radical (unpaired) electrons. The molecule has 2 aliphatic heterocycles. The second-order valence-electron chi connectivity index (χ2n) is 7.20. The molecule has 0 unspecified atom stereocenters. The first-order valence-corrected chi connectivity index (χ1v) is 9.22. The number of likely N-dealkylation sites (tertiary alicyclic amines) is 1. The maximum absolute atomic E-state index is 13.3. The van der Waals surface area contributed by atoms with Crippen molar-refractivity contribution in [1.82, 2.24) is 19.2 Å². The number of amides is 1. The molecule has 8 heteroatoms. The van der Waals surface area contributed by atoms with E-state index in [1.165, 1.54) is 21.4 Å². The fourth-order valence-corrected chi connectivity index (χ4v) is 4.12. The number of carbonyl (C=O) groups excluding carboxylic acids is 1. The number of aromatic nitrogens is 3. The number of rotatable bonds is 3. The molecule has 2 atom stereocenters. The molecule has 0 spiro atoms. The normalized spacial score (nSPS) is 21.0. The van der Waals surface area contributed by atoms with Gasteiger partial charge in [-0.05, 0) is 37.0 Å². The van der Waals surface area contributed by atoms with E-state index in [2.05, 4.69) is 5.10 Å². The van der Waals surface area contributed by atoms with Gasteiger partial charge in [-0.3, -0.25) is 19.0 Å². The molecule has 2 aromatic rings. The molecule has 0 N–H and O–H groups in total. The summed E-state index contributed by atoms with van der Waals surface area (Å²) in [5.74, 6) is 0.319. The van der Waals surface area contributed by atoms with Crippen LogP contribution in [0.25, 0.3) is 0 Å². The molecule has 7 nitrogen and oxygen atoms in total. The number of hydrogen-bond acceptors (Lipinski definition) is 4. The third kappa shape index (κ3) is 3.09. The van der Waals surface area contributed by atoms with E-state index in [0.717, 1.165) is 6.42 Å². The van der Waals surface area contributed by atoms with Crippen LogP contribution < -0.4 is 11.1 Å². The van der Waals surface area contributed by atoms with E-state index in [0.29, 0.717) is 37.6 Å². The third-order valence-corrected chi connectivity index (χ3v) is 5.56. The molecule has 0 aliphatic carbocycles. The maximum atomic E-state index is 13.3. The molecule has 142 valence electrons. The zero-order valence-electron chi connectivity index (χ0n) is 15.1. The number of aryl methyl sites for hydroxylation is 1. The lowest BCUT2D eigenvalue weighted by atomic mass is 9.87. The van der Waals surface area contributed by atoms with E-state index < -0.39 is 11.1 Å². The lowest BCUT2D eigenvalue weighted by Crippen LogP contribution is -2.44. The Labute approximate surface area is 155 Å². The molecule has 0 bridgehead atoms. The van der Waals surface area contributed by atoms with Crippen molar-refractivity contribution < 1.29 is 9.18 Å². The largest absolute Gasteiger partial charge is 0.342 e. The Hall–Kier alpha value is -2.77. The molecule has 0 saturated carbocycles. The zero-order valence-corrected chi connectivity index (χ0v) is 15.1. The van der Waals surface area contributed by atoms with Crippen LogP contribution in [0.5, 0.6) is 0 Å². The Morgan fingerprint density at radius 3 is 2.81 bits per heavy atom. The van der Waals surface area contributed by atoms with Gasteiger partial charge in [-0.2, -0.15) is 5.10 Å². The third-order valence-electron chi connectivity index (χ3n) is 5.56. The minimum absolute atomic E-state index is 0.0543. The smallest absolute Gasteiger partial charge is 0.332 e. The highest BCUT2D eigenvalue weighted by molar-refractivity contribution is 5.79. The molecular formula is C19H21FN4O3. The molecule has 1 fully saturated rings. The monoisotopic (exact) mass is 372 g/mol. The summed E-state index contributed by atoms with van der Waals surface area (Å²) in [5, 5.41) is 4.39. The molecule has 3 heterocycles. The van der Waals surface area contributed by atoms with E-state index in [1.807, 2.05) is 0 Å². The summed E-state index contributed by atoms with van der Waals surface area (Å²) in [5.41, 5.74) is -0.490. The highest BCUT2D eigenvalue weighted by atomic mass is 19.1. The van der Waals surface area contributed by atoms with Crippen molar-refractivity contribution in [2.75, 3.05) is 13.1 Å². The van der Waals surface area contributed by atoms with Crippen molar-refractivity contribution in [3.63, 3.8) is 0 Å². The van der Waals surface area contributed by atoms with Gasteiger partial charge in [0.25, 0.3) is 0 Å². The van der Waals surface area contributed by atoms with Crippen LogP contribution in [0.1, 0.15) is 30.7 Å². The van der Waals surface area contributed by atoms with E-state index >= 15 is 0 Å². The van der Waals surface area contributed by atoms with Crippen molar-refractivity contribution in [3.8, 4) is 0 Å².